The highest BCUT2D eigenvalue weighted by molar-refractivity contribution is 9.10. The normalized spacial score (nSPS) is 16.8. The third-order valence-electron chi connectivity index (χ3n) is 3.34. The fourth-order valence-corrected chi connectivity index (χ4v) is 3.08. The minimum absolute atomic E-state index is 0.234. The van der Waals surface area contributed by atoms with Crippen LogP contribution in [-0.4, -0.2) is 20.8 Å². The van der Waals surface area contributed by atoms with Gasteiger partial charge in [0, 0.05) is 23.6 Å². The zero-order valence-electron chi connectivity index (χ0n) is 9.85. The average molecular weight is 304 g/mol. The molecule has 0 saturated heterocycles. The number of rotatable bonds is 4. The van der Waals surface area contributed by atoms with Crippen molar-refractivity contribution in [1.29, 1.82) is 0 Å². The minimum atomic E-state index is -0.294. The molecule has 1 aromatic carbocycles. The van der Waals surface area contributed by atoms with E-state index in [-0.39, 0.29) is 11.2 Å². The highest BCUT2D eigenvalue weighted by Crippen LogP contribution is 2.54. The molecule has 1 aliphatic carbocycles. The van der Waals surface area contributed by atoms with Gasteiger partial charge in [-0.25, -0.2) is 4.39 Å². The summed E-state index contributed by atoms with van der Waals surface area (Å²) in [6.45, 7) is 0.442. The van der Waals surface area contributed by atoms with Gasteiger partial charge in [-0.3, -0.25) is 0 Å². The zero-order valence-corrected chi connectivity index (χ0v) is 11.4. The van der Waals surface area contributed by atoms with Crippen LogP contribution in [0, 0.1) is 5.82 Å². The van der Waals surface area contributed by atoms with Gasteiger partial charge < -0.3 is 15.2 Å². The Morgan fingerprint density at radius 1 is 1.41 bits per heavy atom. The molecule has 94 valence electrons. The van der Waals surface area contributed by atoms with Crippen LogP contribution in [0.25, 0.3) is 0 Å². The fourth-order valence-electron chi connectivity index (χ4n) is 2.11. The van der Waals surface area contributed by atoms with Gasteiger partial charge in [0.2, 0.25) is 0 Å². The second-order valence-corrected chi connectivity index (χ2v) is 5.06. The van der Waals surface area contributed by atoms with Crippen molar-refractivity contribution in [1.82, 2.24) is 0 Å². The fraction of sp³-hybridized carbons (Fsp3) is 0.500. The number of hydrogen-bond acceptors (Lipinski definition) is 3. The number of hydrogen-bond donors (Lipinski definition) is 1. The van der Waals surface area contributed by atoms with Crippen LogP contribution in [-0.2, 0) is 5.41 Å². The average Bonchev–Trinajstić information content (AvgIpc) is 3.09. The summed E-state index contributed by atoms with van der Waals surface area (Å²) in [6, 6.07) is 1.36. The van der Waals surface area contributed by atoms with Gasteiger partial charge in [0.1, 0.15) is 5.82 Å². The van der Waals surface area contributed by atoms with Crippen LogP contribution in [0.4, 0.5) is 4.39 Å². The summed E-state index contributed by atoms with van der Waals surface area (Å²) in [6.07, 6.45) is 1.82. The first-order chi connectivity index (χ1) is 8.09. The first-order valence-corrected chi connectivity index (χ1v) is 6.19. The topological polar surface area (TPSA) is 44.5 Å². The van der Waals surface area contributed by atoms with E-state index >= 15 is 0 Å². The second kappa shape index (κ2) is 4.46. The van der Waals surface area contributed by atoms with Crippen LogP contribution in [0.15, 0.2) is 10.5 Å². The highest BCUT2D eigenvalue weighted by atomic mass is 79.9. The predicted octanol–water partition coefficient (Wildman–Crippen LogP) is 2.60. The SMILES string of the molecule is COc1cc(F)c(C2(CN)CC2)c(Br)c1OC. The third kappa shape index (κ3) is 1.91. The first-order valence-electron chi connectivity index (χ1n) is 5.40. The molecule has 0 bridgehead atoms. The van der Waals surface area contributed by atoms with Gasteiger partial charge in [0.25, 0.3) is 0 Å². The summed E-state index contributed by atoms with van der Waals surface area (Å²) in [5.41, 5.74) is 6.12. The van der Waals surface area contributed by atoms with Crippen molar-refractivity contribution in [3.05, 3.63) is 21.9 Å². The lowest BCUT2D eigenvalue weighted by Gasteiger charge is -2.19. The lowest BCUT2D eigenvalue weighted by Crippen LogP contribution is -2.22. The van der Waals surface area contributed by atoms with Crippen LogP contribution in [0.3, 0.4) is 0 Å². The molecule has 0 unspecified atom stereocenters. The molecule has 1 aromatic rings. The Hall–Kier alpha value is -0.810. The Kier molecular flexibility index (Phi) is 3.32. The van der Waals surface area contributed by atoms with Gasteiger partial charge >= 0.3 is 0 Å². The van der Waals surface area contributed by atoms with E-state index in [1.54, 1.807) is 0 Å². The van der Waals surface area contributed by atoms with Gasteiger partial charge in [0.05, 0.1) is 18.7 Å². The van der Waals surface area contributed by atoms with Gasteiger partial charge in [-0.1, -0.05) is 0 Å². The Bertz CT molecular complexity index is 447. The van der Waals surface area contributed by atoms with Gasteiger partial charge in [-0.2, -0.15) is 0 Å². The molecule has 1 fully saturated rings. The molecular formula is C12H15BrFNO2. The van der Waals surface area contributed by atoms with Crippen molar-refractivity contribution in [2.24, 2.45) is 5.73 Å². The van der Waals surface area contributed by atoms with Crippen LogP contribution >= 0.6 is 15.9 Å². The van der Waals surface area contributed by atoms with E-state index in [9.17, 15) is 4.39 Å². The van der Waals surface area contributed by atoms with Crippen molar-refractivity contribution in [3.63, 3.8) is 0 Å². The van der Waals surface area contributed by atoms with E-state index in [4.69, 9.17) is 15.2 Å². The molecule has 1 saturated carbocycles. The minimum Gasteiger partial charge on any atom is -0.493 e. The lowest BCUT2D eigenvalue weighted by molar-refractivity contribution is 0.348. The van der Waals surface area contributed by atoms with E-state index in [0.717, 1.165) is 12.8 Å². The molecule has 0 aliphatic heterocycles. The Labute approximate surface area is 108 Å². The van der Waals surface area contributed by atoms with Crippen molar-refractivity contribution in [3.8, 4) is 11.5 Å². The molecule has 3 nitrogen and oxygen atoms in total. The van der Waals surface area contributed by atoms with Gasteiger partial charge in [0.15, 0.2) is 11.5 Å². The maximum Gasteiger partial charge on any atom is 0.175 e. The van der Waals surface area contributed by atoms with E-state index in [0.29, 0.717) is 28.1 Å². The molecule has 0 heterocycles. The number of nitrogens with two attached hydrogens (primary N) is 1. The van der Waals surface area contributed by atoms with Crippen LogP contribution in [0.1, 0.15) is 18.4 Å². The summed E-state index contributed by atoms with van der Waals surface area (Å²) in [5.74, 6) is 0.606. The summed E-state index contributed by atoms with van der Waals surface area (Å²) in [7, 11) is 3.02. The largest absolute Gasteiger partial charge is 0.493 e. The van der Waals surface area contributed by atoms with Crippen LogP contribution < -0.4 is 15.2 Å². The van der Waals surface area contributed by atoms with Crippen molar-refractivity contribution >= 4 is 15.9 Å². The number of halogens is 2. The number of benzene rings is 1. The Morgan fingerprint density at radius 3 is 2.47 bits per heavy atom. The molecule has 0 spiro atoms. The lowest BCUT2D eigenvalue weighted by atomic mass is 9.95. The smallest absolute Gasteiger partial charge is 0.175 e. The summed E-state index contributed by atoms with van der Waals surface area (Å²) in [4.78, 5) is 0. The predicted molar refractivity (Wildman–Crippen MR) is 67.2 cm³/mol. The molecule has 1 aliphatic rings. The molecule has 2 rings (SSSR count). The maximum atomic E-state index is 14.1. The quantitative estimate of drug-likeness (QED) is 0.930. The number of methoxy groups -OCH3 is 2. The van der Waals surface area contributed by atoms with E-state index in [2.05, 4.69) is 15.9 Å². The van der Waals surface area contributed by atoms with E-state index in [1.165, 1.54) is 20.3 Å². The molecule has 0 aromatic heterocycles. The molecule has 5 heteroatoms. The molecular weight excluding hydrogens is 289 g/mol. The molecule has 0 atom stereocenters. The molecule has 0 radical (unpaired) electrons. The maximum absolute atomic E-state index is 14.1. The summed E-state index contributed by atoms with van der Waals surface area (Å²) < 4.78 is 25.1. The van der Waals surface area contributed by atoms with Gasteiger partial charge in [-0.05, 0) is 28.8 Å². The third-order valence-corrected chi connectivity index (χ3v) is 4.09. The molecule has 2 N–H and O–H groups in total. The monoisotopic (exact) mass is 303 g/mol. The Morgan fingerprint density at radius 2 is 2.06 bits per heavy atom. The standard InChI is InChI=1S/C12H15BrFNO2/c1-16-8-5-7(14)9(10(13)11(8)17-2)12(6-15)3-4-12/h5H,3-4,6,15H2,1-2H3. The molecule has 17 heavy (non-hydrogen) atoms. The molecule has 0 amide bonds. The van der Waals surface area contributed by atoms with Crippen LogP contribution in [0.5, 0.6) is 11.5 Å². The van der Waals surface area contributed by atoms with Gasteiger partial charge in [-0.15, -0.1) is 0 Å². The van der Waals surface area contributed by atoms with E-state index in [1.807, 2.05) is 0 Å². The van der Waals surface area contributed by atoms with E-state index < -0.39 is 0 Å². The van der Waals surface area contributed by atoms with Crippen LogP contribution in [0.2, 0.25) is 0 Å². The Balaban J connectivity index is 2.61. The summed E-state index contributed by atoms with van der Waals surface area (Å²) in [5, 5.41) is 0. The highest BCUT2D eigenvalue weighted by Gasteiger charge is 2.47. The van der Waals surface area contributed by atoms with Crippen molar-refractivity contribution in [2.75, 3.05) is 20.8 Å². The van der Waals surface area contributed by atoms with Crippen molar-refractivity contribution < 1.29 is 13.9 Å². The zero-order chi connectivity index (χ0) is 12.6. The van der Waals surface area contributed by atoms with Crippen molar-refractivity contribution in [2.45, 2.75) is 18.3 Å². The number of ether oxygens (including phenoxy) is 2. The first kappa shape index (κ1) is 12.6. The summed E-state index contributed by atoms with van der Waals surface area (Å²) >= 11 is 3.40. The second-order valence-electron chi connectivity index (χ2n) is 4.27.